The van der Waals surface area contributed by atoms with Gasteiger partial charge in [-0.2, -0.15) is 0 Å². The second-order valence-electron chi connectivity index (χ2n) is 5.98. The molecular weight excluding hydrogens is 292 g/mol. The molecule has 0 radical (unpaired) electrons. The first kappa shape index (κ1) is 15.1. The Bertz CT molecular complexity index is 568. The van der Waals surface area contributed by atoms with Crippen LogP contribution in [-0.2, 0) is 4.79 Å². The summed E-state index contributed by atoms with van der Waals surface area (Å²) in [6.45, 7) is 0.650. The summed E-state index contributed by atoms with van der Waals surface area (Å²) in [5.74, 6) is -1.65. The zero-order valence-corrected chi connectivity index (χ0v) is 12.5. The van der Waals surface area contributed by atoms with Crippen molar-refractivity contribution in [3.05, 3.63) is 24.3 Å². The number of hydrogen-bond acceptors (Lipinski definition) is 3. The summed E-state index contributed by atoms with van der Waals surface area (Å²) in [5, 5.41) is 0. The average Bonchev–Trinajstić information content (AvgIpc) is 3.05. The lowest BCUT2D eigenvalue weighted by atomic mass is 9.93. The maximum atomic E-state index is 13.3. The van der Waals surface area contributed by atoms with Gasteiger partial charge in [-0.3, -0.25) is 4.79 Å². The van der Waals surface area contributed by atoms with Crippen LogP contribution >= 0.6 is 0 Å². The number of halogens is 2. The normalized spacial score (nSPS) is 21.5. The van der Waals surface area contributed by atoms with Gasteiger partial charge in [0.1, 0.15) is 0 Å². The number of likely N-dealkylation sites (tertiary alicyclic amines) is 1. The Labute approximate surface area is 128 Å². The van der Waals surface area contributed by atoms with Crippen LogP contribution in [0, 0.1) is 5.41 Å². The Kier molecular flexibility index (Phi) is 3.70. The number of methoxy groups -OCH3 is 1. The molecule has 1 saturated heterocycles. The number of benzene rings is 1. The fourth-order valence-electron chi connectivity index (χ4n) is 3.08. The van der Waals surface area contributed by atoms with Crippen LogP contribution in [0.25, 0.3) is 0 Å². The monoisotopic (exact) mass is 311 g/mol. The standard InChI is InChI=1S/C16H19F2NO3/c1-21-12-4-2-3-5-13(12)22-10-14(20)19-8-6-15(7-9-19)11-16(15,17)18/h2-5H,6-11H2,1H3. The second-order valence-corrected chi connectivity index (χ2v) is 5.98. The number of amides is 1. The molecule has 0 unspecified atom stereocenters. The van der Waals surface area contributed by atoms with Crippen molar-refractivity contribution in [2.24, 2.45) is 5.41 Å². The fraction of sp³-hybridized carbons (Fsp3) is 0.562. The summed E-state index contributed by atoms with van der Waals surface area (Å²) in [4.78, 5) is 13.7. The van der Waals surface area contributed by atoms with E-state index in [1.54, 1.807) is 23.1 Å². The lowest BCUT2D eigenvalue weighted by Crippen LogP contribution is -2.42. The number of carbonyl (C=O) groups excluding carboxylic acids is 1. The summed E-state index contributed by atoms with van der Waals surface area (Å²) in [5.41, 5.74) is -0.840. The molecule has 0 atom stereocenters. The molecule has 1 amide bonds. The summed E-state index contributed by atoms with van der Waals surface area (Å²) >= 11 is 0. The number of alkyl halides is 2. The molecule has 1 spiro atoms. The number of hydrogen-bond donors (Lipinski definition) is 0. The van der Waals surface area contributed by atoms with Crippen molar-refractivity contribution in [1.82, 2.24) is 4.90 Å². The lowest BCUT2D eigenvalue weighted by molar-refractivity contribution is -0.135. The molecule has 1 saturated carbocycles. The van der Waals surface area contributed by atoms with Gasteiger partial charge in [-0.1, -0.05) is 12.1 Å². The first-order chi connectivity index (χ1) is 10.5. The van der Waals surface area contributed by atoms with E-state index in [9.17, 15) is 13.6 Å². The number of carbonyl (C=O) groups is 1. The van der Waals surface area contributed by atoms with Crippen molar-refractivity contribution in [2.75, 3.05) is 26.8 Å². The minimum Gasteiger partial charge on any atom is -0.493 e. The molecule has 2 fully saturated rings. The molecule has 1 aromatic rings. The molecule has 4 nitrogen and oxygen atoms in total. The zero-order chi connectivity index (χ0) is 15.8. The van der Waals surface area contributed by atoms with Gasteiger partial charge in [0.05, 0.1) is 7.11 Å². The van der Waals surface area contributed by atoms with E-state index in [-0.39, 0.29) is 18.9 Å². The van der Waals surface area contributed by atoms with Gasteiger partial charge in [-0.25, -0.2) is 8.78 Å². The molecule has 0 N–H and O–H groups in total. The van der Waals surface area contributed by atoms with Crippen LogP contribution < -0.4 is 9.47 Å². The van der Waals surface area contributed by atoms with Crippen molar-refractivity contribution in [1.29, 1.82) is 0 Å². The van der Waals surface area contributed by atoms with E-state index < -0.39 is 11.3 Å². The SMILES string of the molecule is COc1ccccc1OCC(=O)N1CCC2(CC1)CC2(F)F. The van der Waals surface area contributed by atoms with Crippen LogP contribution in [0.1, 0.15) is 19.3 Å². The molecule has 1 heterocycles. The smallest absolute Gasteiger partial charge is 0.260 e. The number of ether oxygens (including phenoxy) is 2. The van der Waals surface area contributed by atoms with E-state index in [0.717, 1.165) is 0 Å². The summed E-state index contributed by atoms with van der Waals surface area (Å²) in [7, 11) is 1.53. The van der Waals surface area contributed by atoms with Gasteiger partial charge < -0.3 is 14.4 Å². The minimum atomic E-state index is -2.53. The van der Waals surface area contributed by atoms with E-state index in [1.807, 2.05) is 6.07 Å². The molecule has 0 aromatic heterocycles. The minimum absolute atomic E-state index is 0.0280. The van der Waals surface area contributed by atoms with Crippen LogP contribution in [0.15, 0.2) is 24.3 Å². The van der Waals surface area contributed by atoms with Crippen molar-refractivity contribution in [2.45, 2.75) is 25.2 Å². The van der Waals surface area contributed by atoms with Crippen LogP contribution in [0.4, 0.5) is 8.78 Å². The van der Waals surface area contributed by atoms with E-state index in [0.29, 0.717) is 37.4 Å². The molecule has 6 heteroatoms. The third kappa shape index (κ3) is 2.62. The molecule has 120 valence electrons. The quantitative estimate of drug-likeness (QED) is 0.858. The predicted octanol–water partition coefficient (Wildman–Crippen LogP) is 2.72. The molecule has 1 aromatic carbocycles. The van der Waals surface area contributed by atoms with Crippen LogP contribution in [0.2, 0.25) is 0 Å². The highest BCUT2D eigenvalue weighted by atomic mass is 19.3. The van der Waals surface area contributed by atoms with Crippen LogP contribution in [0.5, 0.6) is 11.5 Å². The van der Waals surface area contributed by atoms with Gasteiger partial charge >= 0.3 is 0 Å². The summed E-state index contributed by atoms with van der Waals surface area (Å²) < 4.78 is 37.3. The predicted molar refractivity (Wildman–Crippen MR) is 76.3 cm³/mol. The summed E-state index contributed by atoms with van der Waals surface area (Å²) in [6.07, 6.45) is 0.723. The maximum Gasteiger partial charge on any atom is 0.260 e. The highest BCUT2D eigenvalue weighted by molar-refractivity contribution is 5.78. The Morgan fingerprint density at radius 3 is 2.36 bits per heavy atom. The van der Waals surface area contributed by atoms with Crippen molar-refractivity contribution < 1.29 is 23.0 Å². The summed E-state index contributed by atoms with van der Waals surface area (Å²) in [6, 6.07) is 7.08. The molecular formula is C16H19F2NO3. The van der Waals surface area contributed by atoms with Crippen molar-refractivity contribution in [3.8, 4) is 11.5 Å². The van der Waals surface area contributed by atoms with Crippen LogP contribution in [0.3, 0.4) is 0 Å². The molecule has 1 aliphatic heterocycles. The van der Waals surface area contributed by atoms with Crippen molar-refractivity contribution in [3.63, 3.8) is 0 Å². The van der Waals surface area contributed by atoms with Gasteiger partial charge in [0.2, 0.25) is 0 Å². The number of nitrogens with zero attached hydrogens (tertiary/aromatic N) is 1. The van der Waals surface area contributed by atoms with Crippen molar-refractivity contribution >= 4 is 5.91 Å². The molecule has 22 heavy (non-hydrogen) atoms. The Morgan fingerprint density at radius 1 is 1.23 bits per heavy atom. The van der Waals surface area contributed by atoms with Gasteiger partial charge in [0.15, 0.2) is 18.1 Å². The third-order valence-electron chi connectivity index (χ3n) is 4.70. The van der Waals surface area contributed by atoms with Gasteiger partial charge in [-0.05, 0) is 25.0 Å². The van der Waals surface area contributed by atoms with Gasteiger partial charge in [0.25, 0.3) is 11.8 Å². The maximum absolute atomic E-state index is 13.3. The largest absolute Gasteiger partial charge is 0.493 e. The van der Waals surface area contributed by atoms with E-state index >= 15 is 0 Å². The molecule has 2 aliphatic rings. The highest BCUT2D eigenvalue weighted by Gasteiger charge is 2.70. The van der Waals surface area contributed by atoms with Gasteiger partial charge in [-0.15, -0.1) is 0 Å². The third-order valence-corrected chi connectivity index (χ3v) is 4.70. The number of piperidine rings is 1. The first-order valence-corrected chi connectivity index (χ1v) is 7.39. The zero-order valence-electron chi connectivity index (χ0n) is 12.5. The Morgan fingerprint density at radius 2 is 1.82 bits per heavy atom. The number of para-hydroxylation sites is 2. The Balaban J connectivity index is 1.51. The lowest BCUT2D eigenvalue weighted by Gasteiger charge is -2.32. The second kappa shape index (κ2) is 5.41. The fourth-order valence-corrected chi connectivity index (χ4v) is 3.08. The number of rotatable bonds is 4. The van der Waals surface area contributed by atoms with E-state index in [4.69, 9.17) is 9.47 Å². The van der Waals surface area contributed by atoms with E-state index in [2.05, 4.69) is 0 Å². The molecule has 3 rings (SSSR count). The topological polar surface area (TPSA) is 38.8 Å². The molecule has 1 aliphatic carbocycles. The first-order valence-electron chi connectivity index (χ1n) is 7.39. The average molecular weight is 311 g/mol. The van der Waals surface area contributed by atoms with Gasteiger partial charge in [0, 0.05) is 24.9 Å². The van der Waals surface area contributed by atoms with Crippen LogP contribution in [-0.4, -0.2) is 43.5 Å². The van der Waals surface area contributed by atoms with E-state index in [1.165, 1.54) is 7.11 Å². The molecule has 0 bridgehead atoms. The Hall–Kier alpha value is -1.85. The highest BCUT2D eigenvalue weighted by Crippen LogP contribution is 2.65.